The van der Waals surface area contributed by atoms with E-state index in [9.17, 15) is 5.11 Å². The first-order valence-corrected chi connectivity index (χ1v) is 11.5. The molecule has 32 heavy (non-hydrogen) atoms. The Morgan fingerprint density at radius 2 is 1.97 bits per heavy atom. The molecule has 0 amide bonds. The molecule has 1 aliphatic heterocycles. The van der Waals surface area contributed by atoms with E-state index in [0.717, 1.165) is 43.3 Å². The molecular weight excluding hydrogens is 422 g/mol. The van der Waals surface area contributed by atoms with Crippen LogP contribution in [0, 0.1) is 6.92 Å². The Bertz CT molecular complexity index is 1290. The molecule has 4 aromatic rings. The van der Waals surface area contributed by atoms with E-state index in [4.69, 9.17) is 15.6 Å². The van der Waals surface area contributed by atoms with Crippen LogP contribution in [0.2, 0.25) is 0 Å². The molecule has 0 fully saturated rings. The molecule has 3 N–H and O–H groups in total. The largest absolute Gasteiger partial charge is 0.488 e. The number of aliphatic hydroxyl groups excluding tert-OH is 1. The quantitative estimate of drug-likeness (QED) is 0.466. The summed E-state index contributed by atoms with van der Waals surface area (Å²) in [5.74, 6) is 1.29. The number of nitrogens with two attached hydrogens (primary N) is 1. The number of benzene rings is 1. The number of aryl methyl sites for hydroxylation is 1. The molecule has 7 nitrogen and oxygen atoms in total. The molecule has 0 radical (unpaired) electrons. The molecule has 0 aliphatic carbocycles. The van der Waals surface area contributed by atoms with Gasteiger partial charge in [-0.05, 0) is 32.0 Å². The molecule has 8 heteroatoms. The van der Waals surface area contributed by atoms with E-state index in [-0.39, 0.29) is 12.6 Å². The number of aliphatic hydroxyl groups is 1. The van der Waals surface area contributed by atoms with Crippen molar-refractivity contribution in [3.05, 3.63) is 69.3 Å². The van der Waals surface area contributed by atoms with Crippen molar-refractivity contribution in [3.8, 4) is 5.75 Å². The summed E-state index contributed by atoms with van der Waals surface area (Å²) in [6.45, 7) is 8.48. The first kappa shape index (κ1) is 22.0. The minimum absolute atomic E-state index is 0.0279. The number of thiophene rings is 1. The van der Waals surface area contributed by atoms with Gasteiger partial charge in [0.1, 0.15) is 24.5 Å². The molecule has 1 atom stereocenters. The molecule has 0 saturated carbocycles. The minimum atomic E-state index is -0.112. The van der Waals surface area contributed by atoms with Gasteiger partial charge in [-0.2, -0.15) is 5.10 Å². The molecule has 1 unspecified atom stereocenters. The van der Waals surface area contributed by atoms with Gasteiger partial charge in [-0.25, -0.2) is 14.6 Å². The summed E-state index contributed by atoms with van der Waals surface area (Å²) in [5, 5.41) is 15.1. The van der Waals surface area contributed by atoms with Gasteiger partial charge in [0.15, 0.2) is 5.65 Å². The van der Waals surface area contributed by atoms with Gasteiger partial charge in [0.25, 0.3) is 0 Å². The van der Waals surface area contributed by atoms with Crippen LogP contribution in [0.1, 0.15) is 47.8 Å². The highest BCUT2D eigenvalue weighted by atomic mass is 32.1. The number of ether oxygens (including phenoxy) is 1. The normalized spacial score (nSPS) is 13.9. The zero-order valence-electron chi connectivity index (χ0n) is 18.7. The van der Waals surface area contributed by atoms with E-state index in [0.29, 0.717) is 18.1 Å². The first-order chi connectivity index (χ1) is 15.6. The molecule has 4 heterocycles. The van der Waals surface area contributed by atoms with Gasteiger partial charge in [0.2, 0.25) is 0 Å². The number of fused-ring (bicyclic) bond motifs is 2. The number of hydrogen-bond donors (Lipinski definition) is 2. The first-order valence-electron chi connectivity index (χ1n) is 10.7. The van der Waals surface area contributed by atoms with Gasteiger partial charge < -0.3 is 15.6 Å². The van der Waals surface area contributed by atoms with Gasteiger partial charge in [-0.15, -0.1) is 11.3 Å². The van der Waals surface area contributed by atoms with Crippen LogP contribution in [0.15, 0.2) is 48.3 Å². The summed E-state index contributed by atoms with van der Waals surface area (Å²) in [6.07, 6.45) is 1.47. The van der Waals surface area contributed by atoms with E-state index in [1.165, 1.54) is 6.33 Å². The van der Waals surface area contributed by atoms with Crippen molar-refractivity contribution in [3.63, 3.8) is 0 Å². The third-order valence-electron chi connectivity index (χ3n) is 5.49. The second-order valence-corrected chi connectivity index (χ2v) is 8.44. The Morgan fingerprint density at radius 3 is 2.72 bits per heavy atom. The second-order valence-electron chi connectivity index (χ2n) is 7.27. The lowest BCUT2D eigenvalue weighted by atomic mass is 9.92. The maximum absolute atomic E-state index is 9.57. The van der Waals surface area contributed by atoms with Gasteiger partial charge in [-0.1, -0.05) is 32.0 Å². The van der Waals surface area contributed by atoms with Crippen molar-refractivity contribution in [2.45, 2.75) is 40.3 Å². The lowest BCUT2D eigenvalue weighted by Crippen LogP contribution is -2.20. The minimum Gasteiger partial charge on any atom is -0.488 e. The highest BCUT2D eigenvalue weighted by Gasteiger charge is 2.28. The molecule has 0 spiro atoms. The van der Waals surface area contributed by atoms with Crippen LogP contribution >= 0.6 is 11.3 Å². The summed E-state index contributed by atoms with van der Waals surface area (Å²) in [5.41, 5.74) is 10.9. The molecule has 1 aliphatic rings. The summed E-state index contributed by atoms with van der Waals surface area (Å²) in [7, 11) is 0. The van der Waals surface area contributed by atoms with Crippen LogP contribution in [-0.4, -0.2) is 31.5 Å². The Balaban J connectivity index is 0.00000119. The number of rotatable bonds is 4. The van der Waals surface area contributed by atoms with Gasteiger partial charge in [0, 0.05) is 26.5 Å². The molecule has 1 aromatic carbocycles. The zero-order chi connectivity index (χ0) is 22.8. The zero-order valence-corrected chi connectivity index (χ0v) is 19.5. The van der Waals surface area contributed by atoms with Crippen LogP contribution in [0.4, 0.5) is 5.82 Å². The Morgan fingerprint density at radius 1 is 1.19 bits per heavy atom. The van der Waals surface area contributed by atoms with E-state index in [1.807, 2.05) is 49.7 Å². The van der Waals surface area contributed by atoms with Crippen LogP contribution in [0.5, 0.6) is 5.75 Å². The van der Waals surface area contributed by atoms with Crippen molar-refractivity contribution in [1.29, 1.82) is 0 Å². The van der Waals surface area contributed by atoms with Crippen molar-refractivity contribution in [2.24, 2.45) is 0 Å². The maximum Gasteiger partial charge on any atom is 0.164 e. The second kappa shape index (κ2) is 9.10. The van der Waals surface area contributed by atoms with Crippen molar-refractivity contribution in [2.75, 3.05) is 12.3 Å². The van der Waals surface area contributed by atoms with E-state index < -0.39 is 0 Å². The highest BCUT2D eigenvalue weighted by molar-refractivity contribution is 7.13. The van der Waals surface area contributed by atoms with Gasteiger partial charge in [-0.3, -0.25) is 0 Å². The average Bonchev–Trinajstić information content (AvgIpc) is 3.44. The van der Waals surface area contributed by atoms with Crippen LogP contribution in [0.3, 0.4) is 0 Å². The number of nitrogen functional groups attached to an aromatic ring is 1. The summed E-state index contributed by atoms with van der Waals surface area (Å²) in [4.78, 5) is 10.6. The Kier molecular flexibility index (Phi) is 6.25. The van der Waals surface area contributed by atoms with E-state index >= 15 is 0 Å². The average molecular weight is 450 g/mol. The number of aromatic nitrogens is 4. The Labute approximate surface area is 191 Å². The van der Waals surface area contributed by atoms with Gasteiger partial charge in [0.05, 0.1) is 23.7 Å². The smallest absolute Gasteiger partial charge is 0.164 e. The fraction of sp³-hybridized carbons (Fsp3) is 0.292. The van der Waals surface area contributed by atoms with E-state index in [2.05, 4.69) is 29.0 Å². The van der Waals surface area contributed by atoms with Crippen LogP contribution in [-0.2, 0) is 6.61 Å². The molecular formula is C24H27N5O2S. The molecule has 166 valence electrons. The van der Waals surface area contributed by atoms with Crippen molar-refractivity contribution in [1.82, 2.24) is 19.7 Å². The van der Waals surface area contributed by atoms with Gasteiger partial charge >= 0.3 is 0 Å². The van der Waals surface area contributed by atoms with Crippen molar-refractivity contribution < 1.29 is 9.84 Å². The molecule has 0 bridgehead atoms. The monoisotopic (exact) mass is 449 g/mol. The molecule has 0 saturated heterocycles. The SMILES string of the molecule is CC.Cc1nn(C(C)C2=C(c3ccc(CO)s3)c3ccccc3OC2)c2ncnc(N)c12. The van der Waals surface area contributed by atoms with Crippen LogP contribution in [0.25, 0.3) is 16.6 Å². The van der Waals surface area contributed by atoms with Crippen LogP contribution < -0.4 is 10.5 Å². The number of para-hydroxylation sites is 1. The third kappa shape index (κ3) is 3.65. The van der Waals surface area contributed by atoms with E-state index in [1.54, 1.807) is 11.3 Å². The molecule has 5 rings (SSSR count). The summed E-state index contributed by atoms with van der Waals surface area (Å²) < 4.78 is 8.00. The third-order valence-corrected chi connectivity index (χ3v) is 6.58. The fourth-order valence-electron chi connectivity index (χ4n) is 4.00. The summed E-state index contributed by atoms with van der Waals surface area (Å²) in [6, 6.07) is 12.0. The maximum atomic E-state index is 9.57. The predicted molar refractivity (Wildman–Crippen MR) is 129 cm³/mol. The predicted octanol–water partition coefficient (Wildman–Crippen LogP) is 4.75. The number of anilines is 1. The summed E-state index contributed by atoms with van der Waals surface area (Å²) >= 11 is 1.59. The lowest BCUT2D eigenvalue weighted by Gasteiger charge is -2.27. The number of hydrogen-bond acceptors (Lipinski definition) is 7. The topological polar surface area (TPSA) is 99.1 Å². The Hall–Kier alpha value is -3.23. The fourth-order valence-corrected chi connectivity index (χ4v) is 4.97. The molecule has 3 aromatic heterocycles. The highest BCUT2D eigenvalue weighted by Crippen LogP contribution is 2.43. The number of nitrogens with zero attached hydrogens (tertiary/aromatic N) is 4. The lowest BCUT2D eigenvalue weighted by molar-refractivity contribution is 0.285. The van der Waals surface area contributed by atoms with Crippen molar-refractivity contribution >= 4 is 33.8 Å². The standard InChI is InChI=1S/C22H21N5O2S.C2H6/c1-12-19-21(23)24-11-25-22(19)27(26-12)13(2)16-10-29-17-6-4-3-5-15(17)20(16)18-8-7-14(9-28)30-18;1-2/h3-8,11,13,28H,9-10H2,1-2H3,(H2,23,24,25);1-2H3.